The van der Waals surface area contributed by atoms with E-state index in [2.05, 4.69) is 31.4 Å². The van der Waals surface area contributed by atoms with E-state index < -0.39 is 11.7 Å². The van der Waals surface area contributed by atoms with E-state index in [1.807, 2.05) is 24.3 Å². The van der Waals surface area contributed by atoms with Crippen molar-refractivity contribution in [1.29, 1.82) is 0 Å². The van der Waals surface area contributed by atoms with Crippen molar-refractivity contribution in [2.45, 2.75) is 32.6 Å². The fraction of sp³-hybridized carbons (Fsp3) is 0.300. The average Bonchev–Trinajstić information content (AvgIpc) is 2.55. The first kappa shape index (κ1) is 18.6. The van der Waals surface area contributed by atoms with Crippen molar-refractivity contribution in [2.75, 3.05) is 11.9 Å². The zero-order valence-corrected chi connectivity index (χ0v) is 14.7. The van der Waals surface area contributed by atoms with Gasteiger partial charge in [0.25, 0.3) is 0 Å². The maximum Gasteiger partial charge on any atom is 0.243 e. The van der Waals surface area contributed by atoms with Gasteiger partial charge in [0.05, 0.1) is 13.0 Å². The molecule has 0 unspecified atom stereocenters. The average molecular weight is 342 g/mol. The summed E-state index contributed by atoms with van der Waals surface area (Å²) in [6, 6.07) is 13.7. The Balaban J connectivity index is 1.82. The fourth-order valence-corrected chi connectivity index (χ4v) is 2.31. The van der Waals surface area contributed by atoms with Gasteiger partial charge in [0.2, 0.25) is 11.8 Å². The minimum atomic E-state index is -0.430. The van der Waals surface area contributed by atoms with Gasteiger partial charge < -0.3 is 10.6 Å². The summed E-state index contributed by atoms with van der Waals surface area (Å²) in [7, 11) is 0. The number of carbonyl (C=O) groups is 2. The molecule has 2 aromatic rings. The molecule has 0 aliphatic rings. The van der Waals surface area contributed by atoms with Crippen molar-refractivity contribution in [3.8, 4) is 0 Å². The van der Waals surface area contributed by atoms with Crippen molar-refractivity contribution >= 4 is 17.5 Å². The van der Waals surface area contributed by atoms with Crippen LogP contribution in [0.4, 0.5) is 10.1 Å². The van der Waals surface area contributed by atoms with Gasteiger partial charge >= 0.3 is 0 Å². The molecule has 4 nitrogen and oxygen atoms in total. The van der Waals surface area contributed by atoms with Gasteiger partial charge in [-0.3, -0.25) is 9.59 Å². The van der Waals surface area contributed by atoms with Crippen LogP contribution in [0.1, 0.15) is 31.9 Å². The van der Waals surface area contributed by atoms with Crippen LogP contribution in [0.5, 0.6) is 0 Å². The van der Waals surface area contributed by atoms with Gasteiger partial charge in [-0.25, -0.2) is 4.39 Å². The SMILES string of the molecule is CC(C)(C)c1ccc(NC(=O)CNC(=O)Cc2ccccc2F)cc1. The minimum Gasteiger partial charge on any atom is -0.347 e. The number of rotatable bonds is 5. The van der Waals surface area contributed by atoms with Crippen molar-refractivity contribution in [2.24, 2.45) is 0 Å². The lowest BCUT2D eigenvalue weighted by molar-refractivity contribution is -0.123. The summed E-state index contributed by atoms with van der Waals surface area (Å²) in [4.78, 5) is 23.7. The third-order valence-electron chi connectivity index (χ3n) is 3.79. The Kier molecular flexibility index (Phi) is 5.91. The first-order valence-corrected chi connectivity index (χ1v) is 8.16. The molecule has 0 bridgehead atoms. The number of hydrogen-bond acceptors (Lipinski definition) is 2. The molecule has 0 aliphatic heterocycles. The van der Waals surface area contributed by atoms with Gasteiger partial charge in [0.1, 0.15) is 5.82 Å². The summed E-state index contributed by atoms with van der Waals surface area (Å²) in [6.07, 6.45) is -0.0970. The maximum atomic E-state index is 13.5. The zero-order chi connectivity index (χ0) is 18.4. The largest absolute Gasteiger partial charge is 0.347 e. The van der Waals surface area contributed by atoms with E-state index >= 15 is 0 Å². The Hall–Kier alpha value is -2.69. The van der Waals surface area contributed by atoms with E-state index in [0.29, 0.717) is 11.3 Å². The number of amides is 2. The van der Waals surface area contributed by atoms with Gasteiger partial charge in [-0.2, -0.15) is 0 Å². The number of hydrogen-bond donors (Lipinski definition) is 2. The lowest BCUT2D eigenvalue weighted by Gasteiger charge is -2.19. The van der Waals surface area contributed by atoms with Gasteiger partial charge in [-0.05, 0) is 34.7 Å². The van der Waals surface area contributed by atoms with Crippen molar-refractivity contribution in [3.05, 3.63) is 65.5 Å². The summed E-state index contributed by atoms with van der Waals surface area (Å²) < 4.78 is 13.5. The van der Waals surface area contributed by atoms with Gasteiger partial charge in [-0.1, -0.05) is 51.1 Å². The lowest BCUT2D eigenvalue weighted by Crippen LogP contribution is -2.33. The molecule has 2 N–H and O–H groups in total. The molecule has 2 amide bonds. The van der Waals surface area contributed by atoms with Crippen LogP contribution in [-0.2, 0) is 21.4 Å². The number of carbonyl (C=O) groups excluding carboxylic acids is 2. The van der Waals surface area contributed by atoms with Crippen molar-refractivity contribution in [3.63, 3.8) is 0 Å². The van der Waals surface area contributed by atoms with E-state index in [1.165, 1.54) is 11.6 Å². The molecule has 25 heavy (non-hydrogen) atoms. The standard InChI is InChI=1S/C20H23FN2O2/c1-20(2,3)15-8-10-16(11-9-15)23-19(25)13-22-18(24)12-14-6-4-5-7-17(14)21/h4-11H,12-13H2,1-3H3,(H,22,24)(H,23,25). The molecule has 0 saturated carbocycles. The number of anilines is 1. The first-order chi connectivity index (χ1) is 11.8. The Morgan fingerprint density at radius 1 is 0.960 bits per heavy atom. The fourth-order valence-electron chi connectivity index (χ4n) is 2.31. The van der Waals surface area contributed by atoms with E-state index in [4.69, 9.17) is 0 Å². The smallest absolute Gasteiger partial charge is 0.243 e. The highest BCUT2D eigenvalue weighted by atomic mass is 19.1. The topological polar surface area (TPSA) is 58.2 Å². The van der Waals surface area contributed by atoms with Gasteiger partial charge in [-0.15, -0.1) is 0 Å². The molecule has 0 saturated heterocycles. The molecule has 0 radical (unpaired) electrons. The van der Waals surface area contributed by atoms with Crippen LogP contribution in [0.3, 0.4) is 0 Å². The molecule has 0 spiro atoms. The van der Waals surface area contributed by atoms with Crippen molar-refractivity contribution in [1.82, 2.24) is 5.32 Å². The van der Waals surface area contributed by atoms with Crippen LogP contribution in [0.2, 0.25) is 0 Å². The van der Waals surface area contributed by atoms with Crippen LogP contribution >= 0.6 is 0 Å². The van der Waals surface area contributed by atoms with Crippen molar-refractivity contribution < 1.29 is 14.0 Å². The third kappa shape index (κ3) is 5.71. The van der Waals surface area contributed by atoms with Crippen LogP contribution < -0.4 is 10.6 Å². The minimum absolute atomic E-state index is 0.0449. The molecule has 0 aromatic heterocycles. The van der Waals surface area contributed by atoms with E-state index in [9.17, 15) is 14.0 Å². The second-order valence-electron chi connectivity index (χ2n) is 6.92. The number of halogens is 1. The monoisotopic (exact) mass is 342 g/mol. The highest BCUT2D eigenvalue weighted by Crippen LogP contribution is 2.23. The Morgan fingerprint density at radius 2 is 1.60 bits per heavy atom. The van der Waals surface area contributed by atoms with Crippen LogP contribution in [-0.4, -0.2) is 18.4 Å². The van der Waals surface area contributed by atoms with Crippen LogP contribution in [0.15, 0.2) is 48.5 Å². The van der Waals surface area contributed by atoms with E-state index in [0.717, 1.165) is 0 Å². The predicted octanol–water partition coefficient (Wildman–Crippen LogP) is 3.42. The molecule has 5 heteroatoms. The van der Waals surface area contributed by atoms with E-state index in [1.54, 1.807) is 18.2 Å². The Bertz CT molecular complexity index is 749. The Morgan fingerprint density at radius 3 is 2.20 bits per heavy atom. The highest BCUT2D eigenvalue weighted by Gasteiger charge is 2.13. The molecule has 0 heterocycles. The van der Waals surface area contributed by atoms with Crippen LogP contribution in [0, 0.1) is 5.82 Å². The highest BCUT2D eigenvalue weighted by molar-refractivity contribution is 5.94. The summed E-state index contributed by atoms with van der Waals surface area (Å²) in [5.74, 6) is -1.16. The van der Waals surface area contributed by atoms with Crippen LogP contribution in [0.25, 0.3) is 0 Å². The lowest BCUT2D eigenvalue weighted by atomic mass is 9.87. The quantitative estimate of drug-likeness (QED) is 0.875. The summed E-state index contributed by atoms with van der Waals surface area (Å²) >= 11 is 0. The second kappa shape index (κ2) is 7.92. The predicted molar refractivity (Wildman–Crippen MR) is 96.9 cm³/mol. The molecule has 132 valence electrons. The van der Waals surface area contributed by atoms with Gasteiger partial charge in [0.15, 0.2) is 0 Å². The zero-order valence-electron chi connectivity index (χ0n) is 14.7. The second-order valence-corrected chi connectivity index (χ2v) is 6.92. The molecule has 2 aromatic carbocycles. The van der Waals surface area contributed by atoms with Gasteiger partial charge in [0, 0.05) is 5.69 Å². The van der Waals surface area contributed by atoms with E-state index in [-0.39, 0.29) is 24.3 Å². The molecular weight excluding hydrogens is 319 g/mol. The Labute approximate surface area is 147 Å². The number of benzene rings is 2. The summed E-state index contributed by atoms with van der Waals surface area (Å²) in [6.45, 7) is 6.19. The number of nitrogens with one attached hydrogen (secondary N) is 2. The molecule has 0 atom stereocenters. The summed E-state index contributed by atoms with van der Waals surface area (Å²) in [5.41, 5.74) is 2.19. The molecule has 2 rings (SSSR count). The molecule has 0 aliphatic carbocycles. The third-order valence-corrected chi connectivity index (χ3v) is 3.79. The first-order valence-electron chi connectivity index (χ1n) is 8.16. The summed E-state index contributed by atoms with van der Waals surface area (Å²) in [5, 5.41) is 5.22. The molecule has 0 fully saturated rings. The maximum absolute atomic E-state index is 13.5. The normalized spacial score (nSPS) is 11.0. The molecular formula is C20H23FN2O2.